The molecule has 2 aromatic heterocycles. The maximum atomic E-state index is 13.1. The van der Waals surface area contributed by atoms with E-state index in [0.717, 1.165) is 0 Å². The predicted octanol–water partition coefficient (Wildman–Crippen LogP) is 3.08. The lowest BCUT2D eigenvalue weighted by Crippen LogP contribution is -2.34. The molecule has 2 heterocycles. The summed E-state index contributed by atoms with van der Waals surface area (Å²) in [4.78, 5) is 22.6. The summed E-state index contributed by atoms with van der Waals surface area (Å²) in [6.07, 6.45) is -1.88. The minimum atomic E-state index is -4.68. The van der Waals surface area contributed by atoms with Gasteiger partial charge in [0.25, 0.3) is 0 Å². The number of nitrogens with zero attached hydrogens (tertiary/aromatic N) is 3. The molecule has 0 aliphatic heterocycles. The van der Waals surface area contributed by atoms with Crippen LogP contribution in [0.15, 0.2) is 30.6 Å². The smallest absolute Gasteiger partial charge is 0.433 e. The van der Waals surface area contributed by atoms with Crippen molar-refractivity contribution >= 4 is 11.8 Å². The van der Waals surface area contributed by atoms with Gasteiger partial charge in [0.15, 0.2) is 11.5 Å². The van der Waals surface area contributed by atoms with Crippen molar-refractivity contribution < 1.29 is 23.1 Å². The Morgan fingerprint density at radius 2 is 1.83 bits per heavy atom. The highest BCUT2D eigenvalue weighted by atomic mass is 19.4. The second-order valence-electron chi connectivity index (χ2n) is 5.40. The highest BCUT2D eigenvalue weighted by Crippen LogP contribution is 2.31. The molecular weight excluding hydrogens is 325 g/mol. The molecule has 9 heteroatoms. The van der Waals surface area contributed by atoms with E-state index in [2.05, 4.69) is 20.3 Å². The van der Waals surface area contributed by atoms with E-state index < -0.39 is 23.9 Å². The lowest BCUT2D eigenvalue weighted by molar-refractivity contribution is -0.141. The molecule has 0 fully saturated rings. The van der Waals surface area contributed by atoms with Gasteiger partial charge in [0.05, 0.1) is 0 Å². The van der Waals surface area contributed by atoms with Crippen molar-refractivity contribution in [2.24, 2.45) is 5.92 Å². The fraction of sp³-hybridized carbons (Fsp3) is 0.333. The van der Waals surface area contributed by atoms with E-state index in [0.29, 0.717) is 11.6 Å². The first-order chi connectivity index (χ1) is 11.2. The van der Waals surface area contributed by atoms with Crippen molar-refractivity contribution in [3.05, 3.63) is 36.3 Å². The van der Waals surface area contributed by atoms with Crippen molar-refractivity contribution in [2.45, 2.75) is 26.1 Å². The summed E-state index contributed by atoms with van der Waals surface area (Å²) in [6.45, 7) is 3.28. The zero-order chi connectivity index (χ0) is 17.9. The van der Waals surface area contributed by atoms with Crippen LogP contribution in [0.1, 0.15) is 19.5 Å². The molecule has 2 aromatic rings. The first-order valence-corrected chi connectivity index (χ1v) is 7.04. The summed E-state index contributed by atoms with van der Waals surface area (Å²) in [5.41, 5.74) is -0.810. The Kier molecular flexibility index (Phi) is 5.01. The summed E-state index contributed by atoms with van der Waals surface area (Å²) in [5, 5.41) is 11.7. The molecule has 0 unspecified atom stereocenters. The Balaban J connectivity index is 2.49. The summed E-state index contributed by atoms with van der Waals surface area (Å²) in [6, 6.07) is 2.56. The number of carbonyl (C=O) groups is 1. The summed E-state index contributed by atoms with van der Waals surface area (Å²) < 4.78 is 39.2. The minimum Gasteiger partial charge on any atom is -0.480 e. The third kappa shape index (κ3) is 4.18. The van der Waals surface area contributed by atoms with Gasteiger partial charge in [0.1, 0.15) is 11.9 Å². The second kappa shape index (κ2) is 6.81. The van der Waals surface area contributed by atoms with Gasteiger partial charge < -0.3 is 10.4 Å². The molecule has 1 atom stereocenters. The molecule has 0 amide bonds. The van der Waals surface area contributed by atoms with Crippen LogP contribution in [0.4, 0.5) is 19.0 Å². The van der Waals surface area contributed by atoms with E-state index in [1.807, 2.05) is 0 Å². The third-order valence-corrected chi connectivity index (χ3v) is 3.19. The number of carboxylic acid groups (broad SMARTS) is 1. The van der Waals surface area contributed by atoms with Crippen LogP contribution in [-0.4, -0.2) is 32.1 Å². The van der Waals surface area contributed by atoms with Gasteiger partial charge in [-0.25, -0.2) is 14.8 Å². The topological polar surface area (TPSA) is 88.0 Å². The maximum Gasteiger partial charge on any atom is 0.433 e. The normalized spacial score (nSPS) is 12.9. The number of halogens is 3. The number of alkyl halides is 3. The molecule has 0 radical (unpaired) electrons. The molecule has 0 bridgehead atoms. The molecule has 128 valence electrons. The number of nitrogens with one attached hydrogen (secondary N) is 1. The van der Waals surface area contributed by atoms with Crippen molar-refractivity contribution in [3.8, 4) is 11.4 Å². The SMILES string of the molecule is CC(C)[C@H](Nc1cc(C(F)(F)F)nc(-c2ccncc2)n1)C(=O)O. The number of hydrogen-bond donors (Lipinski definition) is 2. The molecular formula is C15H15F3N4O2. The molecule has 0 aliphatic rings. The number of aliphatic carboxylic acids is 1. The van der Waals surface area contributed by atoms with Gasteiger partial charge in [-0.15, -0.1) is 0 Å². The van der Waals surface area contributed by atoms with E-state index in [-0.39, 0.29) is 17.6 Å². The van der Waals surface area contributed by atoms with Gasteiger partial charge in [0.2, 0.25) is 0 Å². The number of pyridine rings is 1. The van der Waals surface area contributed by atoms with Gasteiger partial charge in [-0.3, -0.25) is 4.98 Å². The molecule has 2 rings (SSSR count). The Bertz CT molecular complexity index is 720. The number of rotatable bonds is 5. The van der Waals surface area contributed by atoms with Gasteiger partial charge in [-0.2, -0.15) is 13.2 Å². The van der Waals surface area contributed by atoms with Crippen LogP contribution in [0.25, 0.3) is 11.4 Å². The van der Waals surface area contributed by atoms with Crippen LogP contribution in [0.2, 0.25) is 0 Å². The van der Waals surface area contributed by atoms with Crippen molar-refractivity contribution in [3.63, 3.8) is 0 Å². The standard InChI is InChI=1S/C15H15F3N4O2/c1-8(2)12(14(23)24)21-11-7-10(15(16,17)18)20-13(22-11)9-3-5-19-6-4-9/h3-8,12H,1-2H3,(H,23,24)(H,20,21,22)/t12-/m0/s1. The highest BCUT2D eigenvalue weighted by molar-refractivity contribution is 5.77. The quantitative estimate of drug-likeness (QED) is 0.870. The Morgan fingerprint density at radius 3 is 2.33 bits per heavy atom. The number of aromatic nitrogens is 3. The number of anilines is 1. The van der Waals surface area contributed by atoms with Gasteiger partial charge in [0, 0.05) is 24.0 Å². The van der Waals surface area contributed by atoms with Crippen molar-refractivity contribution in [2.75, 3.05) is 5.32 Å². The first-order valence-electron chi connectivity index (χ1n) is 7.04. The monoisotopic (exact) mass is 340 g/mol. The van der Waals surface area contributed by atoms with E-state index >= 15 is 0 Å². The lowest BCUT2D eigenvalue weighted by atomic mass is 10.0. The average Bonchev–Trinajstić information content (AvgIpc) is 2.51. The minimum absolute atomic E-state index is 0.164. The Hall–Kier alpha value is -2.71. The fourth-order valence-corrected chi connectivity index (χ4v) is 1.97. The maximum absolute atomic E-state index is 13.1. The van der Waals surface area contributed by atoms with E-state index in [1.165, 1.54) is 24.5 Å². The van der Waals surface area contributed by atoms with Gasteiger partial charge in [-0.1, -0.05) is 13.8 Å². The average molecular weight is 340 g/mol. The van der Waals surface area contributed by atoms with Gasteiger partial charge in [-0.05, 0) is 18.1 Å². The molecule has 0 aliphatic carbocycles. The van der Waals surface area contributed by atoms with Crippen molar-refractivity contribution in [1.82, 2.24) is 15.0 Å². The molecule has 6 nitrogen and oxygen atoms in total. The predicted molar refractivity (Wildman–Crippen MR) is 80.1 cm³/mol. The molecule has 0 saturated carbocycles. The molecule has 0 aromatic carbocycles. The van der Waals surface area contributed by atoms with Crippen LogP contribution in [0, 0.1) is 5.92 Å². The third-order valence-electron chi connectivity index (χ3n) is 3.19. The lowest BCUT2D eigenvalue weighted by Gasteiger charge is -2.19. The largest absolute Gasteiger partial charge is 0.480 e. The Morgan fingerprint density at radius 1 is 1.21 bits per heavy atom. The summed E-state index contributed by atoms with van der Waals surface area (Å²) in [5.74, 6) is -1.90. The molecule has 24 heavy (non-hydrogen) atoms. The first kappa shape index (κ1) is 17.6. The van der Waals surface area contributed by atoms with E-state index in [9.17, 15) is 23.1 Å². The van der Waals surface area contributed by atoms with E-state index in [4.69, 9.17) is 0 Å². The second-order valence-corrected chi connectivity index (χ2v) is 5.40. The summed E-state index contributed by atoms with van der Waals surface area (Å²) >= 11 is 0. The van der Waals surface area contributed by atoms with E-state index in [1.54, 1.807) is 13.8 Å². The van der Waals surface area contributed by atoms with Crippen LogP contribution >= 0.6 is 0 Å². The van der Waals surface area contributed by atoms with Crippen LogP contribution < -0.4 is 5.32 Å². The highest BCUT2D eigenvalue weighted by Gasteiger charge is 2.34. The molecule has 2 N–H and O–H groups in total. The number of carboxylic acids is 1. The molecule has 0 saturated heterocycles. The summed E-state index contributed by atoms with van der Waals surface area (Å²) in [7, 11) is 0. The Labute approximate surface area is 135 Å². The van der Waals surface area contributed by atoms with Crippen LogP contribution in [0.5, 0.6) is 0 Å². The molecule has 0 spiro atoms. The zero-order valence-corrected chi connectivity index (χ0v) is 12.9. The van der Waals surface area contributed by atoms with Crippen molar-refractivity contribution in [1.29, 1.82) is 0 Å². The number of hydrogen-bond acceptors (Lipinski definition) is 5. The van der Waals surface area contributed by atoms with Crippen LogP contribution in [0.3, 0.4) is 0 Å². The van der Waals surface area contributed by atoms with Gasteiger partial charge >= 0.3 is 12.1 Å². The zero-order valence-electron chi connectivity index (χ0n) is 12.9. The fourth-order valence-electron chi connectivity index (χ4n) is 1.97. The van der Waals surface area contributed by atoms with Crippen LogP contribution in [-0.2, 0) is 11.0 Å².